The molecule has 1 spiro atoms. The van der Waals surface area contributed by atoms with Crippen LogP contribution < -0.4 is 0 Å². The molecule has 2 fully saturated rings. The normalized spacial score (nSPS) is 20.3. The van der Waals surface area contributed by atoms with E-state index in [0.29, 0.717) is 50.2 Å². The van der Waals surface area contributed by atoms with Crippen LogP contribution in [0.25, 0.3) is 11.4 Å². The minimum Gasteiger partial charge on any atom is -0.381 e. The summed E-state index contributed by atoms with van der Waals surface area (Å²) < 4.78 is 11.5. The first-order valence-corrected chi connectivity index (χ1v) is 10.0. The second-order valence-electron chi connectivity index (χ2n) is 7.27. The highest BCUT2D eigenvalue weighted by atomic mass is 35.5. The Kier molecular flexibility index (Phi) is 5.61. The number of ether oxygens (including phenoxy) is 2. The summed E-state index contributed by atoms with van der Waals surface area (Å²) >= 11 is 5.94. The summed E-state index contributed by atoms with van der Waals surface area (Å²) in [6.45, 7) is 5.02. The van der Waals surface area contributed by atoms with E-state index in [1.807, 2.05) is 24.0 Å². The molecule has 4 rings (SSSR count). The third-order valence-electron chi connectivity index (χ3n) is 5.45. The predicted molar refractivity (Wildman–Crippen MR) is 103 cm³/mol. The lowest BCUT2D eigenvalue weighted by atomic mass is 9.92. The Labute approximate surface area is 168 Å². The third kappa shape index (κ3) is 3.90. The molecule has 9 heteroatoms. The predicted octanol–water partition coefficient (Wildman–Crippen LogP) is 2.35. The lowest BCUT2D eigenvalue weighted by molar-refractivity contribution is -0.170. The van der Waals surface area contributed by atoms with Gasteiger partial charge in [0, 0.05) is 49.7 Å². The first-order chi connectivity index (χ1) is 13.6. The van der Waals surface area contributed by atoms with Gasteiger partial charge in [0.15, 0.2) is 6.04 Å². The lowest BCUT2D eigenvalue weighted by Gasteiger charge is -2.45. The average molecular weight is 406 g/mol. The molecule has 2 aliphatic heterocycles. The summed E-state index contributed by atoms with van der Waals surface area (Å²) in [7, 11) is 0. The van der Waals surface area contributed by atoms with Gasteiger partial charge in [-0.05, 0) is 35.9 Å². The highest BCUT2D eigenvalue weighted by Crippen LogP contribution is 2.30. The van der Waals surface area contributed by atoms with Crippen molar-refractivity contribution in [3.05, 3.63) is 29.3 Å². The SMILES string of the molecule is CCC(C(=O)N1CCOC2(CCOCC2)C1)n1nnc(-c2ccc(Cl)cc2)n1. The van der Waals surface area contributed by atoms with Gasteiger partial charge < -0.3 is 14.4 Å². The first kappa shape index (κ1) is 19.3. The fraction of sp³-hybridized carbons (Fsp3) is 0.579. The van der Waals surface area contributed by atoms with Gasteiger partial charge >= 0.3 is 0 Å². The molecule has 2 aliphatic rings. The number of amides is 1. The van der Waals surface area contributed by atoms with Gasteiger partial charge in [-0.2, -0.15) is 4.80 Å². The molecule has 0 bridgehead atoms. The summed E-state index contributed by atoms with van der Waals surface area (Å²) in [5.74, 6) is 0.488. The number of aromatic nitrogens is 4. The van der Waals surface area contributed by atoms with Crippen LogP contribution in [0.3, 0.4) is 0 Å². The Morgan fingerprint density at radius 1 is 1.25 bits per heavy atom. The fourth-order valence-corrected chi connectivity index (χ4v) is 3.92. The molecule has 2 aromatic rings. The average Bonchev–Trinajstić information content (AvgIpc) is 3.19. The van der Waals surface area contributed by atoms with Gasteiger partial charge in [-0.25, -0.2) is 0 Å². The first-order valence-electron chi connectivity index (χ1n) is 9.66. The van der Waals surface area contributed by atoms with E-state index in [1.54, 1.807) is 12.1 Å². The minimum absolute atomic E-state index is 0.0109. The molecule has 1 aromatic carbocycles. The van der Waals surface area contributed by atoms with Gasteiger partial charge in [-0.15, -0.1) is 10.2 Å². The number of halogens is 1. The molecule has 1 atom stereocenters. The standard InChI is InChI=1S/C19H24ClN5O3/c1-2-16(25-22-17(21-23-25)14-3-5-15(20)6-4-14)18(26)24-9-12-28-19(13-24)7-10-27-11-8-19/h3-6,16H,2,7-13H2,1H3. The van der Waals surface area contributed by atoms with E-state index in [-0.39, 0.29) is 11.5 Å². The molecule has 2 saturated heterocycles. The van der Waals surface area contributed by atoms with Crippen molar-refractivity contribution < 1.29 is 14.3 Å². The molecule has 0 saturated carbocycles. The summed E-state index contributed by atoms with van der Waals surface area (Å²) in [5, 5.41) is 13.4. The van der Waals surface area contributed by atoms with Crippen molar-refractivity contribution >= 4 is 17.5 Å². The van der Waals surface area contributed by atoms with Crippen LogP contribution in [-0.2, 0) is 14.3 Å². The van der Waals surface area contributed by atoms with E-state index in [9.17, 15) is 4.79 Å². The molecular formula is C19H24ClN5O3. The molecular weight excluding hydrogens is 382 g/mol. The molecule has 0 aliphatic carbocycles. The maximum Gasteiger partial charge on any atom is 0.249 e. The molecule has 0 N–H and O–H groups in total. The van der Waals surface area contributed by atoms with Gasteiger partial charge in [0.2, 0.25) is 11.7 Å². The van der Waals surface area contributed by atoms with Gasteiger partial charge in [0.25, 0.3) is 0 Å². The maximum atomic E-state index is 13.2. The smallest absolute Gasteiger partial charge is 0.249 e. The number of carbonyl (C=O) groups is 1. The molecule has 1 aromatic heterocycles. The monoisotopic (exact) mass is 405 g/mol. The summed E-state index contributed by atoms with van der Waals surface area (Å²) in [4.78, 5) is 16.6. The Morgan fingerprint density at radius 2 is 2.00 bits per heavy atom. The fourth-order valence-electron chi connectivity index (χ4n) is 3.80. The quantitative estimate of drug-likeness (QED) is 0.776. The number of benzene rings is 1. The highest BCUT2D eigenvalue weighted by molar-refractivity contribution is 6.30. The van der Waals surface area contributed by atoms with Crippen LogP contribution in [0.2, 0.25) is 5.02 Å². The van der Waals surface area contributed by atoms with Gasteiger partial charge in [-0.3, -0.25) is 4.79 Å². The van der Waals surface area contributed by atoms with Crippen LogP contribution in [-0.4, -0.2) is 69.5 Å². The van der Waals surface area contributed by atoms with Crippen LogP contribution in [0.15, 0.2) is 24.3 Å². The van der Waals surface area contributed by atoms with Crippen LogP contribution in [0.4, 0.5) is 0 Å². The molecule has 28 heavy (non-hydrogen) atoms. The number of nitrogens with zero attached hydrogens (tertiary/aromatic N) is 5. The van der Waals surface area contributed by atoms with Crippen molar-refractivity contribution in [3.63, 3.8) is 0 Å². The van der Waals surface area contributed by atoms with E-state index in [1.165, 1.54) is 4.80 Å². The number of tetrazole rings is 1. The van der Waals surface area contributed by atoms with Crippen molar-refractivity contribution in [3.8, 4) is 11.4 Å². The molecule has 1 amide bonds. The van der Waals surface area contributed by atoms with Crippen molar-refractivity contribution in [2.45, 2.75) is 37.8 Å². The van der Waals surface area contributed by atoms with Gasteiger partial charge in [-0.1, -0.05) is 18.5 Å². The van der Waals surface area contributed by atoms with Crippen LogP contribution in [0.5, 0.6) is 0 Å². The van der Waals surface area contributed by atoms with E-state index in [4.69, 9.17) is 21.1 Å². The Balaban J connectivity index is 1.50. The second-order valence-corrected chi connectivity index (χ2v) is 7.70. The molecule has 0 radical (unpaired) electrons. The number of hydrogen-bond donors (Lipinski definition) is 0. The van der Waals surface area contributed by atoms with Gasteiger partial charge in [0.1, 0.15) is 0 Å². The molecule has 8 nitrogen and oxygen atoms in total. The van der Waals surface area contributed by atoms with Gasteiger partial charge in [0.05, 0.1) is 12.2 Å². The van der Waals surface area contributed by atoms with Crippen molar-refractivity contribution in [1.82, 2.24) is 25.1 Å². The largest absolute Gasteiger partial charge is 0.381 e. The number of rotatable bonds is 4. The minimum atomic E-state index is -0.483. The lowest BCUT2D eigenvalue weighted by Crippen LogP contribution is -2.57. The van der Waals surface area contributed by atoms with Crippen LogP contribution in [0, 0.1) is 0 Å². The summed E-state index contributed by atoms with van der Waals surface area (Å²) in [5.41, 5.74) is 0.528. The number of hydrogen-bond acceptors (Lipinski definition) is 6. The molecule has 3 heterocycles. The number of carbonyl (C=O) groups excluding carboxylic acids is 1. The van der Waals surface area contributed by atoms with Crippen molar-refractivity contribution in [2.24, 2.45) is 0 Å². The van der Waals surface area contributed by atoms with E-state index < -0.39 is 6.04 Å². The highest BCUT2D eigenvalue weighted by Gasteiger charge is 2.41. The van der Waals surface area contributed by atoms with Crippen LogP contribution in [0.1, 0.15) is 32.2 Å². The Bertz CT molecular complexity index is 814. The summed E-state index contributed by atoms with van der Waals surface area (Å²) in [6.07, 6.45) is 2.22. The van der Waals surface area contributed by atoms with E-state index in [0.717, 1.165) is 18.4 Å². The molecule has 150 valence electrons. The zero-order valence-electron chi connectivity index (χ0n) is 15.9. The van der Waals surface area contributed by atoms with Crippen LogP contribution >= 0.6 is 11.6 Å². The van der Waals surface area contributed by atoms with Crippen molar-refractivity contribution in [1.29, 1.82) is 0 Å². The van der Waals surface area contributed by atoms with E-state index in [2.05, 4.69) is 15.4 Å². The topological polar surface area (TPSA) is 82.4 Å². The Hall–Kier alpha value is -2.03. The summed E-state index contributed by atoms with van der Waals surface area (Å²) in [6, 6.07) is 6.75. The Morgan fingerprint density at radius 3 is 2.71 bits per heavy atom. The third-order valence-corrected chi connectivity index (χ3v) is 5.70. The molecule has 1 unspecified atom stereocenters. The zero-order valence-corrected chi connectivity index (χ0v) is 16.6. The van der Waals surface area contributed by atoms with E-state index >= 15 is 0 Å². The zero-order chi connectivity index (χ0) is 19.6. The van der Waals surface area contributed by atoms with Crippen molar-refractivity contribution in [2.75, 3.05) is 32.9 Å². The maximum absolute atomic E-state index is 13.2. The number of morpholine rings is 1. The second kappa shape index (κ2) is 8.14.